The summed E-state index contributed by atoms with van der Waals surface area (Å²) in [5.74, 6) is 0. The lowest BCUT2D eigenvalue weighted by molar-refractivity contribution is 0.927. The van der Waals surface area contributed by atoms with Crippen LogP contribution in [0.4, 0.5) is 0 Å². The number of allylic oxidation sites excluding steroid dienone is 4. The summed E-state index contributed by atoms with van der Waals surface area (Å²) in [6.07, 6.45) is 13.0. The smallest absolute Gasteiger partial charge is 0.0797 e. The summed E-state index contributed by atoms with van der Waals surface area (Å²) in [7, 11) is -1.31. The Bertz CT molecular complexity index is 478. The predicted octanol–water partition coefficient (Wildman–Crippen LogP) is 4.80. The van der Waals surface area contributed by atoms with Crippen LogP contribution in [0, 0.1) is 0 Å². The van der Waals surface area contributed by atoms with Crippen LogP contribution < -0.4 is 5.19 Å². The highest BCUT2D eigenvalue weighted by Gasteiger charge is 2.43. The second-order valence-corrected chi connectivity index (χ2v) is 10.7. The zero-order chi connectivity index (χ0) is 13.1. The van der Waals surface area contributed by atoms with Crippen molar-refractivity contribution in [1.29, 1.82) is 0 Å². The van der Waals surface area contributed by atoms with Gasteiger partial charge in [0.2, 0.25) is 0 Å². The molecule has 1 atom stereocenters. The Labute approximate surface area is 118 Å². The summed E-state index contributed by atoms with van der Waals surface area (Å²) in [6.45, 7) is 2.28. The van der Waals surface area contributed by atoms with Crippen LogP contribution >= 0.6 is 0 Å². The molecule has 1 aromatic rings. The van der Waals surface area contributed by atoms with Gasteiger partial charge in [0.25, 0.3) is 0 Å². The van der Waals surface area contributed by atoms with Crippen molar-refractivity contribution in [2.24, 2.45) is 0 Å². The highest BCUT2D eigenvalue weighted by molar-refractivity contribution is 6.94. The van der Waals surface area contributed by atoms with Crippen molar-refractivity contribution in [2.45, 2.75) is 50.2 Å². The van der Waals surface area contributed by atoms with E-state index in [1.807, 2.05) is 0 Å². The van der Waals surface area contributed by atoms with Crippen LogP contribution in [0.15, 0.2) is 54.1 Å². The molecule has 2 aliphatic rings. The molecule has 1 fully saturated rings. The number of rotatable bonds is 4. The Morgan fingerprint density at radius 2 is 1.84 bits per heavy atom. The first-order chi connectivity index (χ1) is 9.35. The largest absolute Gasteiger partial charge is 0.0971 e. The van der Waals surface area contributed by atoms with Crippen LogP contribution in [-0.4, -0.2) is 8.07 Å². The number of benzene rings is 1. The Morgan fingerprint density at radius 1 is 1.11 bits per heavy atom. The summed E-state index contributed by atoms with van der Waals surface area (Å²) in [5.41, 5.74) is 2.35. The fourth-order valence-corrected chi connectivity index (χ4v) is 9.45. The first-order valence-corrected chi connectivity index (χ1v) is 10.3. The SMILES string of the molecule is CCCC1=CC([Si]2(c3ccccc3)CCCC2)C=C1. The molecule has 0 amide bonds. The molecule has 1 heteroatoms. The van der Waals surface area contributed by atoms with Gasteiger partial charge in [-0.05, 0) is 12.0 Å². The van der Waals surface area contributed by atoms with Crippen molar-refractivity contribution >= 4 is 13.3 Å². The molecule has 0 nitrogen and oxygen atoms in total. The van der Waals surface area contributed by atoms with Crippen molar-refractivity contribution in [3.05, 3.63) is 54.1 Å². The van der Waals surface area contributed by atoms with Gasteiger partial charge in [-0.15, -0.1) is 0 Å². The second kappa shape index (κ2) is 5.50. The van der Waals surface area contributed by atoms with Crippen LogP contribution in [-0.2, 0) is 0 Å². The maximum atomic E-state index is 2.61. The molecule has 0 saturated carbocycles. The van der Waals surface area contributed by atoms with Crippen molar-refractivity contribution in [3.63, 3.8) is 0 Å². The highest BCUT2D eigenvalue weighted by atomic mass is 28.3. The van der Waals surface area contributed by atoms with Gasteiger partial charge in [0.05, 0.1) is 8.07 Å². The quantitative estimate of drug-likeness (QED) is 0.688. The summed E-state index contributed by atoms with van der Waals surface area (Å²) in [5, 5.41) is 1.69. The minimum atomic E-state index is -1.31. The molecule has 0 radical (unpaired) electrons. The minimum absolute atomic E-state index is 0.763. The molecule has 1 saturated heterocycles. The molecule has 1 aromatic carbocycles. The monoisotopic (exact) mass is 268 g/mol. The third-order valence-electron chi connectivity index (χ3n) is 4.93. The van der Waals surface area contributed by atoms with Crippen LogP contribution in [0.2, 0.25) is 17.6 Å². The van der Waals surface area contributed by atoms with E-state index in [2.05, 4.69) is 55.5 Å². The fourth-order valence-electron chi connectivity index (χ4n) is 3.96. The molecule has 100 valence electrons. The van der Waals surface area contributed by atoms with E-state index < -0.39 is 8.07 Å². The van der Waals surface area contributed by atoms with E-state index in [1.165, 1.54) is 37.8 Å². The van der Waals surface area contributed by atoms with Crippen molar-refractivity contribution in [1.82, 2.24) is 0 Å². The van der Waals surface area contributed by atoms with E-state index in [0.29, 0.717) is 0 Å². The van der Waals surface area contributed by atoms with Gasteiger partial charge in [-0.25, -0.2) is 0 Å². The number of hydrogen-bond acceptors (Lipinski definition) is 0. The van der Waals surface area contributed by atoms with E-state index in [0.717, 1.165) is 5.54 Å². The van der Waals surface area contributed by atoms with Crippen LogP contribution in [0.3, 0.4) is 0 Å². The summed E-state index contributed by atoms with van der Waals surface area (Å²) >= 11 is 0. The van der Waals surface area contributed by atoms with Crippen molar-refractivity contribution < 1.29 is 0 Å². The summed E-state index contributed by atoms with van der Waals surface area (Å²) in [4.78, 5) is 0. The molecule has 0 aromatic heterocycles. The van der Waals surface area contributed by atoms with Gasteiger partial charge in [0.15, 0.2) is 0 Å². The van der Waals surface area contributed by atoms with Gasteiger partial charge >= 0.3 is 0 Å². The first-order valence-electron chi connectivity index (χ1n) is 7.79. The lowest BCUT2D eigenvalue weighted by atomic mass is 10.2. The van der Waals surface area contributed by atoms with E-state index >= 15 is 0 Å². The highest BCUT2D eigenvalue weighted by Crippen LogP contribution is 2.43. The Balaban J connectivity index is 1.93. The molecular formula is C18H24Si. The Morgan fingerprint density at radius 3 is 2.53 bits per heavy atom. The summed E-state index contributed by atoms with van der Waals surface area (Å²) in [6, 6.07) is 14.4. The average Bonchev–Trinajstić information content (AvgIpc) is 3.09. The normalized spacial score (nSPS) is 24.7. The summed E-state index contributed by atoms with van der Waals surface area (Å²) < 4.78 is 0. The zero-order valence-electron chi connectivity index (χ0n) is 11.9. The molecule has 3 rings (SSSR count). The molecule has 1 unspecified atom stereocenters. The third kappa shape index (κ3) is 2.36. The lowest BCUT2D eigenvalue weighted by Gasteiger charge is -2.32. The number of hydrogen-bond donors (Lipinski definition) is 0. The molecule has 0 spiro atoms. The molecule has 1 aliphatic carbocycles. The minimum Gasteiger partial charge on any atom is -0.0797 e. The standard InChI is InChI=1S/C18H24Si/c1-2-8-16-11-12-18(15-16)19(13-6-7-14-19)17-9-4-3-5-10-17/h3-5,9-12,15,18H,2,6-8,13-14H2,1H3. The van der Waals surface area contributed by atoms with Crippen LogP contribution in [0.1, 0.15) is 32.6 Å². The van der Waals surface area contributed by atoms with E-state index in [-0.39, 0.29) is 0 Å². The predicted molar refractivity (Wildman–Crippen MR) is 86.6 cm³/mol. The van der Waals surface area contributed by atoms with Gasteiger partial charge in [-0.3, -0.25) is 0 Å². The molecular weight excluding hydrogens is 244 g/mol. The molecule has 1 aliphatic heterocycles. The van der Waals surface area contributed by atoms with Gasteiger partial charge in [-0.1, -0.05) is 97.6 Å². The van der Waals surface area contributed by atoms with Gasteiger partial charge in [0, 0.05) is 0 Å². The van der Waals surface area contributed by atoms with Gasteiger partial charge < -0.3 is 0 Å². The zero-order valence-corrected chi connectivity index (χ0v) is 12.9. The van der Waals surface area contributed by atoms with E-state index in [4.69, 9.17) is 0 Å². The topological polar surface area (TPSA) is 0 Å². The first kappa shape index (κ1) is 12.9. The van der Waals surface area contributed by atoms with Crippen molar-refractivity contribution in [2.75, 3.05) is 0 Å². The van der Waals surface area contributed by atoms with Gasteiger partial charge in [0.1, 0.15) is 0 Å². The molecule has 1 heterocycles. The maximum absolute atomic E-state index is 2.61. The van der Waals surface area contributed by atoms with Crippen LogP contribution in [0.25, 0.3) is 0 Å². The molecule has 0 N–H and O–H groups in total. The third-order valence-corrected chi connectivity index (χ3v) is 10.5. The van der Waals surface area contributed by atoms with E-state index in [1.54, 1.807) is 10.8 Å². The average molecular weight is 268 g/mol. The lowest BCUT2D eigenvalue weighted by Crippen LogP contribution is -2.47. The molecule has 0 bridgehead atoms. The Hall–Kier alpha value is -1.08. The van der Waals surface area contributed by atoms with Gasteiger partial charge in [-0.2, -0.15) is 0 Å². The second-order valence-electron chi connectivity index (χ2n) is 6.11. The fraction of sp³-hybridized carbons (Fsp3) is 0.444. The maximum Gasteiger partial charge on any atom is 0.0971 e. The van der Waals surface area contributed by atoms with E-state index in [9.17, 15) is 0 Å². The molecule has 19 heavy (non-hydrogen) atoms. The Kier molecular flexibility index (Phi) is 3.74. The van der Waals surface area contributed by atoms with Crippen LogP contribution in [0.5, 0.6) is 0 Å². The van der Waals surface area contributed by atoms with Crippen molar-refractivity contribution in [3.8, 4) is 0 Å².